The molecule has 1 amide bonds. The molecule has 35 heavy (non-hydrogen) atoms. The van der Waals surface area contributed by atoms with Gasteiger partial charge >= 0.3 is 0 Å². The fourth-order valence-electron chi connectivity index (χ4n) is 3.53. The molecule has 0 radical (unpaired) electrons. The molecule has 0 aliphatic rings. The number of pyridine rings is 1. The van der Waals surface area contributed by atoms with Gasteiger partial charge < -0.3 is 5.32 Å². The number of anilines is 1. The highest BCUT2D eigenvalue weighted by Gasteiger charge is 2.17. The minimum atomic E-state index is -0.208. The van der Waals surface area contributed by atoms with Crippen molar-refractivity contribution in [1.82, 2.24) is 4.98 Å². The average Bonchev–Trinajstić information content (AvgIpc) is 2.86. The number of nitrogens with zero attached hydrogens (tertiary/aromatic N) is 2. The van der Waals surface area contributed by atoms with Gasteiger partial charge in [0.2, 0.25) is 5.91 Å². The van der Waals surface area contributed by atoms with Crippen LogP contribution < -0.4 is 5.32 Å². The fraction of sp³-hybridized carbons (Fsp3) is 0.107. The molecule has 0 unspecified atom stereocenters. The molecule has 1 N–H and O–H groups in total. The number of hydrogen-bond donors (Lipinski definition) is 1. The van der Waals surface area contributed by atoms with Gasteiger partial charge in [0.25, 0.3) is 0 Å². The Hall–Kier alpha value is -3.30. The summed E-state index contributed by atoms with van der Waals surface area (Å²) in [4.78, 5) is 17.5. The van der Waals surface area contributed by atoms with Crippen molar-refractivity contribution in [3.63, 3.8) is 0 Å². The second kappa shape index (κ2) is 11.0. The number of carbonyl (C=O) groups excluding carboxylic acids is 1. The van der Waals surface area contributed by atoms with Crippen LogP contribution in [0.3, 0.4) is 0 Å². The Kier molecular flexibility index (Phi) is 7.77. The van der Waals surface area contributed by atoms with Gasteiger partial charge in [-0.3, -0.25) is 4.79 Å². The lowest BCUT2D eigenvalue weighted by molar-refractivity contribution is -0.113. The number of aromatic nitrogens is 1. The van der Waals surface area contributed by atoms with E-state index in [4.69, 9.17) is 28.2 Å². The van der Waals surface area contributed by atoms with Crippen molar-refractivity contribution < 1.29 is 4.79 Å². The summed E-state index contributed by atoms with van der Waals surface area (Å²) in [6, 6.07) is 24.9. The maximum absolute atomic E-state index is 12.7. The number of aryl methyl sites for hydroxylation is 1. The smallest absolute Gasteiger partial charge is 0.234 e. The molecule has 7 heteroatoms. The van der Waals surface area contributed by atoms with Crippen LogP contribution in [-0.2, 0) is 4.79 Å². The van der Waals surface area contributed by atoms with E-state index in [1.165, 1.54) is 11.8 Å². The molecule has 0 saturated heterocycles. The van der Waals surface area contributed by atoms with Gasteiger partial charge in [0.15, 0.2) is 0 Å². The first kappa shape index (κ1) is 24.8. The molecule has 1 heterocycles. The van der Waals surface area contributed by atoms with E-state index in [1.54, 1.807) is 30.3 Å². The topological polar surface area (TPSA) is 65.8 Å². The van der Waals surface area contributed by atoms with Crippen LogP contribution in [0.25, 0.3) is 22.4 Å². The molecule has 0 atom stereocenters. The monoisotopic (exact) mass is 517 g/mol. The van der Waals surface area contributed by atoms with Crippen molar-refractivity contribution in [1.29, 1.82) is 5.26 Å². The fourth-order valence-corrected chi connectivity index (χ4v) is 4.63. The number of carbonyl (C=O) groups is 1. The van der Waals surface area contributed by atoms with Gasteiger partial charge in [-0.25, -0.2) is 4.98 Å². The summed E-state index contributed by atoms with van der Waals surface area (Å²) in [7, 11) is 0. The predicted molar refractivity (Wildman–Crippen MR) is 145 cm³/mol. The van der Waals surface area contributed by atoms with E-state index >= 15 is 0 Å². The van der Waals surface area contributed by atoms with E-state index < -0.39 is 0 Å². The van der Waals surface area contributed by atoms with Gasteiger partial charge in [0, 0.05) is 26.9 Å². The SMILES string of the molecule is Cc1ccc(-c2cc(-c3ccc(Cl)cc3)c(C#N)c(SCC(=O)Nc3cccc(Cl)c3C)n2)cc1. The first-order valence-electron chi connectivity index (χ1n) is 10.8. The molecule has 4 rings (SSSR count). The molecule has 0 saturated carbocycles. The Balaban J connectivity index is 1.69. The highest BCUT2D eigenvalue weighted by atomic mass is 35.5. The minimum Gasteiger partial charge on any atom is -0.325 e. The minimum absolute atomic E-state index is 0.0883. The normalized spacial score (nSPS) is 10.6. The van der Waals surface area contributed by atoms with Crippen LogP contribution in [0.15, 0.2) is 77.8 Å². The Morgan fingerprint density at radius 1 is 1.00 bits per heavy atom. The Morgan fingerprint density at radius 2 is 1.69 bits per heavy atom. The van der Waals surface area contributed by atoms with Crippen molar-refractivity contribution in [2.75, 3.05) is 11.1 Å². The maximum atomic E-state index is 12.7. The first-order chi connectivity index (χ1) is 16.9. The second-order valence-corrected chi connectivity index (χ2v) is 9.78. The van der Waals surface area contributed by atoms with Crippen LogP contribution in [0.1, 0.15) is 16.7 Å². The van der Waals surface area contributed by atoms with Crippen LogP contribution >= 0.6 is 35.0 Å². The first-order valence-corrected chi connectivity index (χ1v) is 12.6. The average molecular weight is 518 g/mol. The predicted octanol–water partition coefficient (Wildman–Crippen LogP) is 7.94. The van der Waals surface area contributed by atoms with Gasteiger partial charge in [-0.15, -0.1) is 0 Å². The van der Waals surface area contributed by atoms with E-state index in [2.05, 4.69) is 11.4 Å². The molecule has 0 aliphatic heterocycles. The van der Waals surface area contributed by atoms with Crippen LogP contribution in [0, 0.1) is 25.2 Å². The van der Waals surface area contributed by atoms with Crippen LogP contribution in [-0.4, -0.2) is 16.6 Å². The number of nitrogens with one attached hydrogen (secondary N) is 1. The van der Waals surface area contributed by atoms with Crippen LogP contribution in [0.4, 0.5) is 5.69 Å². The van der Waals surface area contributed by atoms with E-state index in [0.717, 1.165) is 33.5 Å². The van der Waals surface area contributed by atoms with E-state index in [-0.39, 0.29) is 11.7 Å². The molecule has 0 bridgehead atoms. The zero-order valence-corrected chi connectivity index (χ0v) is 21.4. The molecule has 4 aromatic rings. The second-order valence-electron chi connectivity index (χ2n) is 7.97. The number of nitriles is 1. The summed E-state index contributed by atoms with van der Waals surface area (Å²) in [5, 5.41) is 14.6. The van der Waals surface area contributed by atoms with E-state index in [0.29, 0.717) is 26.3 Å². The van der Waals surface area contributed by atoms with Crippen molar-refractivity contribution in [3.8, 4) is 28.5 Å². The molecule has 1 aromatic heterocycles. The summed E-state index contributed by atoms with van der Waals surface area (Å²) in [6.07, 6.45) is 0. The number of rotatable bonds is 6. The molecular formula is C28H21Cl2N3OS. The molecule has 4 nitrogen and oxygen atoms in total. The third-order valence-electron chi connectivity index (χ3n) is 5.48. The standard InChI is InChI=1S/C28H21Cl2N3OS/c1-17-6-8-20(9-7-17)26-14-22(19-10-12-21(29)13-11-19)23(15-31)28(33-26)35-16-27(34)32-25-5-3-4-24(30)18(25)2/h3-14H,16H2,1-2H3,(H,32,34). The summed E-state index contributed by atoms with van der Waals surface area (Å²) in [6.45, 7) is 3.88. The van der Waals surface area contributed by atoms with E-state index in [1.807, 2.05) is 56.3 Å². The number of thioether (sulfide) groups is 1. The van der Waals surface area contributed by atoms with Gasteiger partial charge in [-0.2, -0.15) is 5.26 Å². The number of halogens is 2. The maximum Gasteiger partial charge on any atom is 0.234 e. The van der Waals surface area contributed by atoms with Gasteiger partial charge in [-0.1, -0.05) is 83.0 Å². The zero-order chi connectivity index (χ0) is 24.9. The highest BCUT2D eigenvalue weighted by molar-refractivity contribution is 8.00. The van der Waals surface area contributed by atoms with Crippen molar-refractivity contribution in [2.45, 2.75) is 18.9 Å². The molecule has 0 fully saturated rings. The molecule has 174 valence electrons. The summed E-state index contributed by atoms with van der Waals surface area (Å²) >= 11 is 13.5. The summed E-state index contributed by atoms with van der Waals surface area (Å²) in [5.74, 6) is -0.120. The lowest BCUT2D eigenvalue weighted by atomic mass is 9.99. The summed E-state index contributed by atoms with van der Waals surface area (Å²) < 4.78 is 0. The Morgan fingerprint density at radius 3 is 2.37 bits per heavy atom. The number of amides is 1. The lowest BCUT2D eigenvalue weighted by Crippen LogP contribution is -2.15. The number of hydrogen-bond acceptors (Lipinski definition) is 4. The van der Waals surface area contributed by atoms with E-state index in [9.17, 15) is 10.1 Å². The van der Waals surface area contributed by atoms with Crippen LogP contribution in [0.2, 0.25) is 10.0 Å². The summed E-state index contributed by atoms with van der Waals surface area (Å²) in [5.41, 5.74) is 6.26. The third kappa shape index (κ3) is 5.86. The van der Waals surface area contributed by atoms with Gasteiger partial charge in [0.05, 0.1) is 17.0 Å². The lowest BCUT2D eigenvalue weighted by Gasteiger charge is -2.13. The quantitative estimate of drug-likeness (QED) is 0.263. The highest BCUT2D eigenvalue weighted by Crippen LogP contribution is 2.35. The van der Waals surface area contributed by atoms with Crippen molar-refractivity contribution in [3.05, 3.63) is 99.5 Å². The Labute approximate surface area is 218 Å². The van der Waals surface area contributed by atoms with Gasteiger partial charge in [0.1, 0.15) is 11.1 Å². The largest absolute Gasteiger partial charge is 0.325 e. The third-order valence-corrected chi connectivity index (χ3v) is 7.12. The van der Waals surface area contributed by atoms with Crippen molar-refractivity contribution >= 4 is 46.6 Å². The number of benzene rings is 3. The van der Waals surface area contributed by atoms with Gasteiger partial charge in [-0.05, 0) is 55.3 Å². The molecule has 3 aromatic carbocycles. The van der Waals surface area contributed by atoms with Crippen LogP contribution in [0.5, 0.6) is 0 Å². The molecule has 0 spiro atoms. The Bertz CT molecular complexity index is 1430. The van der Waals surface area contributed by atoms with Crippen molar-refractivity contribution in [2.24, 2.45) is 0 Å². The zero-order valence-electron chi connectivity index (χ0n) is 19.1. The molecule has 0 aliphatic carbocycles. The molecular weight excluding hydrogens is 497 g/mol.